The lowest BCUT2D eigenvalue weighted by Gasteiger charge is -2.35. The molecule has 6 heteroatoms. The first-order valence-electron chi connectivity index (χ1n) is 7.73. The van der Waals surface area contributed by atoms with E-state index in [2.05, 4.69) is 33.6 Å². The van der Waals surface area contributed by atoms with Gasteiger partial charge < -0.3 is 9.80 Å². The summed E-state index contributed by atoms with van der Waals surface area (Å²) in [5.74, 6) is 0.0407. The third kappa shape index (κ3) is 4.47. The third-order valence-electron chi connectivity index (χ3n) is 4.09. The molecule has 0 saturated carbocycles. The molecule has 0 radical (unpaired) electrons. The van der Waals surface area contributed by atoms with E-state index in [0.717, 1.165) is 52.4 Å². The van der Waals surface area contributed by atoms with Gasteiger partial charge in [-0.15, -0.1) is 0 Å². The topological polar surface area (TPSA) is 52.6 Å². The van der Waals surface area contributed by atoms with Gasteiger partial charge in [0.25, 0.3) is 5.91 Å². The van der Waals surface area contributed by atoms with Gasteiger partial charge in [0.2, 0.25) is 0 Å². The minimum absolute atomic E-state index is 0.0407. The molecule has 0 N–H and O–H groups in total. The lowest BCUT2D eigenvalue weighted by atomic mass is 10.2. The molecule has 21 heavy (non-hydrogen) atoms. The van der Waals surface area contributed by atoms with Crippen molar-refractivity contribution < 1.29 is 4.79 Å². The summed E-state index contributed by atoms with van der Waals surface area (Å²) in [7, 11) is 0. The molecule has 0 aliphatic carbocycles. The lowest BCUT2D eigenvalue weighted by Crippen LogP contribution is -2.50. The van der Waals surface area contributed by atoms with Gasteiger partial charge in [-0.25, -0.2) is 9.97 Å². The SMILES string of the molecule is CCN(CC)CCN1CCN(C(=O)c2cncnc2)CC1. The molecule has 1 saturated heterocycles. The zero-order valence-corrected chi connectivity index (χ0v) is 13.0. The second-order valence-corrected chi connectivity index (χ2v) is 5.29. The van der Waals surface area contributed by atoms with E-state index in [9.17, 15) is 4.79 Å². The van der Waals surface area contributed by atoms with Crippen LogP contribution in [0.2, 0.25) is 0 Å². The molecule has 1 aliphatic rings. The summed E-state index contributed by atoms with van der Waals surface area (Å²) in [5.41, 5.74) is 0.578. The molecule has 1 aromatic rings. The number of amides is 1. The number of carbonyl (C=O) groups is 1. The van der Waals surface area contributed by atoms with E-state index in [1.807, 2.05) is 4.90 Å². The van der Waals surface area contributed by atoms with Crippen molar-refractivity contribution in [1.29, 1.82) is 0 Å². The fourth-order valence-electron chi connectivity index (χ4n) is 2.59. The number of hydrogen-bond acceptors (Lipinski definition) is 5. The van der Waals surface area contributed by atoms with Crippen molar-refractivity contribution in [3.63, 3.8) is 0 Å². The van der Waals surface area contributed by atoms with Gasteiger partial charge in [-0.2, -0.15) is 0 Å². The Morgan fingerprint density at radius 2 is 1.76 bits per heavy atom. The van der Waals surface area contributed by atoms with E-state index in [4.69, 9.17) is 0 Å². The highest BCUT2D eigenvalue weighted by Crippen LogP contribution is 2.07. The Kier molecular flexibility index (Phi) is 6.07. The summed E-state index contributed by atoms with van der Waals surface area (Å²) in [6, 6.07) is 0. The number of likely N-dealkylation sites (N-methyl/N-ethyl adjacent to an activating group) is 1. The van der Waals surface area contributed by atoms with Gasteiger partial charge in [-0.3, -0.25) is 9.69 Å². The molecule has 0 spiro atoms. The van der Waals surface area contributed by atoms with Crippen molar-refractivity contribution in [2.24, 2.45) is 0 Å². The van der Waals surface area contributed by atoms with Gasteiger partial charge >= 0.3 is 0 Å². The van der Waals surface area contributed by atoms with E-state index in [-0.39, 0.29) is 5.91 Å². The molecule has 1 amide bonds. The first kappa shape index (κ1) is 15.9. The maximum absolute atomic E-state index is 12.3. The molecule has 0 aromatic carbocycles. The van der Waals surface area contributed by atoms with E-state index in [1.54, 1.807) is 12.4 Å². The van der Waals surface area contributed by atoms with Gasteiger partial charge in [0.05, 0.1) is 5.56 Å². The Bertz CT molecular complexity index is 427. The number of hydrogen-bond donors (Lipinski definition) is 0. The molecule has 6 nitrogen and oxygen atoms in total. The van der Waals surface area contributed by atoms with Crippen molar-refractivity contribution in [3.05, 3.63) is 24.3 Å². The maximum atomic E-state index is 12.3. The van der Waals surface area contributed by atoms with Gasteiger partial charge in [-0.05, 0) is 13.1 Å². The van der Waals surface area contributed by atoms with E-state index < -0.39 is 0 Å². The molecule has 1 aliphatic heterocycles. The molecular formula is C15H25N5O. The smallest absolute Gasteiger partial charge is 0.257 e. The fraction of sp³-hybridized carbons (Fsp3) is 0.667. The Labute approximate surface area is 126 Å². The van der Waals surface area contributed by atoms with E-state index in [1.165, 1.54) is 6.33 Å². The predicted molar refractivity (Wildman–Crippen MR) is 82.2 cm³/mol. The first-order chi connectivity index (χ1) is 10.2. The summed E-state index contributed by atoms with van der Waals surface area (Å²) in [6.45, 7) is 12.2. The molecule has 2 heterocycles. The van der Waals surface area contributed by atoms with Crippen molar-refractivity contribution >= 4 is 5.91 Å². The van der Waals surface area contributed by atoms with Crippen molar-refractivity contribution in [2.45, 2.75) is 13.8 Å². The van der Waals surface area contributed by atoms with Crippen LogP contribution in [-0.2, 0) is 0 Å². The Morgan fingerprint density at radius 1 is 1.14 bits per heavy atom. The zero-order chi connectivity index (χ0) is 15.1. The molecule has 2 rings (SSSR count). The van der Waals surface area contributed by atoms with Crippen LogP contribution in [0.1, 0.15) is 24.2 Å². The van der Waals surface area contributed by atoms with Crippen LogP contribution in [0.3, 0.4) is 0 Å². The summed E-state index contributed by atoms with van der Waals surface area (Å²) in [4.78, 5) is 26.9. The normalized spacial score (nSPS) is 16.4. The maximum Gasteiger partial charge on any atom is 0.257 e. The number of rotatable bonds is 6. The molecule has 0 atom stereocenters. The highest BCUT2D eigenvalue weighted by Gasteiger charge is 2.22. The van der Waals surface area contributed by atoms with Gasteiger partial charge in [-0.1, -0.05) is 13.8 Å². The third-order valence-corrected chi connectivity index (χ3v) is 4.09. The Hall–Kier alpha value is -1.53. The predicted octanol–water partition coefficient (Wildman–Crippen LogP) is 0.576. The second kappa shape index (κ2) is 8.05. The summed E-state index contributed by atoms with van der Waals surface area (Å²) >= 11 is 0. The first-order valence-corrected chi connectivity index (χ1v) is 7.73. The largest absolute Gasteiger partial charge is 0.336 e. The number of aromatic nitrogens is 2. The van der Waals surface area contributed by atoms with Crippen molar-refractivity contribution in [3.8, 4) is 0 Å². The van der Waals surface area contributed by atoms with Crippen LogP contribution in [0.4, 0.5) is 0 Å². The van der Waals surface area contributed by atoms with Crippen LogP contribution in [0.5, 0.6) is 0 Å². The average molecular weight is 291 g/mol. The molecular weight excluding hydrogens is 266 g/mol. The van der Waals surface area contributed by atoms with Crippen molar-refractivity contribution in [1.82, 2.24) is 24.7 Å². The number of nitrogens with zero attached hydrogens (tertiary/aromatic N) is 5. The second-order valence-electron chi connectivity index (χ2n) is 5.29. The van der Waals surface area contributed by atoms with Crippen LogP contribution in [0.15, 0.2) is 18.7 Å². The van der Waals surface area contributed by atoms with E-state index in [0.29, 0.717) is 5.56 Å². The van der Waals surface area contributed by atoms with Crippen LogP contribution in [0, 0.1) is 0 Å². The fourth-order valence-corrected chi connectivity index (χ4v) is 2.59. The van der Waals surface area contributed by atoms with Crippen LogP contribution in [0.25, 0.3) is 0 Å². The summed E-state index contributed by atoms with van der Waals surface area (Å²) in [5, 5.41) is 0. The Balaban J connectivity index is 1.77. The number of piperazine rings is 1. The van der Waals surface area contributed by atoms with E-state index >= 15 is 0 Å². The summed E-state index contributed by atoms with van der Waals surface area (Å²) in [6.07, 6.45) is 4.62. The molecule has 116 valence electrons. The molecule has 0 bridgehead atoms. The number of carbonyl (C=O) groups excluding carboxylic acids is 1. The zero-order valence-electron chi connectivity index (χ0n) is 13.0. The van der Waals surface area contributed by atoms with Crippen molar-refractivity contribution in [2.75, 3.05) is 52.4 Å². The van der Waals surface area contributed by atoms with Crippen LogP contribution < -0.4 is 0 Å². The van der Waals surface area contributed by atoms with Crippen LogP contribution in [-0.4, -0.2) is 82.9 Å². The van der Waals surface area contributed by atoms with Gasteiger partial charge in [0, 0.05) is 51.7 Å². The molecule has 1 fully saturated rings. The Morgan fingerprint density at radius 3 is 2.33 bits per heavy atom. The van der Waals surface area contributed by atoms with Gasteiger partial charge in [0.15, 0.2) is 0 Å². The lowest BCUT2D eigenvalue weighted by molar-refractivity contribution is 0.0624. The quantitative estimate of drug-likeness (QED) is 0.767. The highest BCUT2D eigenvalue weighted by atomic mass is 16.2. The minimum atomic E-state index is 0.0407. The monoisotopic (exact) mass is 291 g/mol. The molecule has 1 aromatic heterocycles. The highest BCUT2D eigenvalue weighted by molar-refractivity contribution is 5.93. The van der Waals surface area contributed by atoms with Gasteiger partial charge in [0.1, 0.15) is 6.33 Å². The summed E-state index contributed by atoms with van der Waals surface area (Å²) < 4.78 is 0. The molecule has 0 unspecified atom stereocenters. The standard InChI is InChI=1S/C15H25N5O/c1-3-18(4-2)5-6-19-7-9-20(10-8-19)15(21)14-11-16-13-17-12-14/h11-13H,3-10H2,1-2H3. The minimum Gasteiger partial charge on any atom is -0.336 e. The average Bonchev–Trinajstić information content (AvgIpc) is 2.56. The van der Waals surface area contributed by atoms with Crippen LogP contribution >= 0.6 is 0 Å².